The van der Waals surface area contributed by atoms with Crippen LogP contribution in [-0.4, -0.2) is 22.4 Å². The lowest BCUT2D eigenvalue weighted by molar-refractivity contribution is 0.0987. The van der Waals surface area contributed by atoms with E-state index in [9.17, 15) is 4.79 Å². The lowest BCUT2D eigenvalue weighted by atomic mass is 10.2. The molecule has 0 aliphatic rings. The van der Waals surface area contributed by atoms with Gasteiger partial charge in [-0.2, -0.15) is 0 Å². The molecule has 0 bridgehead atoms. The van der Waals surface area contributed by atoms with E-state index in [1.807, 2.05) is 50.2 Å². The molecule has 0 aliphatic carbocycles. The van der Waals surface area contributed by atoms with Gasteiger partial charge in [0.15, 0.2) is 0 Å². The van der Waals surface area contributed by atoms with Crippen LogP contribution < -0.4 is 10.2 Å². The van der Waals surface area contributed by atoms with Gasteiger partial charge in [-0.25, -0.2) is 9.97 Å². The first-order valence-corrected chi connectivity index (χ1v) is 8.14. The number of anilines is 2. The van der Waals surface area contributed by atoms with Crippen LogP contribution in [0.5, 0.6) is 0 Å². The highest BCUT2D eigenvalue weighted by Gasteiger charge is 2.17. The van der Waals surface area contributed by atoms with Crippen LogP contribution in [0.2, 0.25) is 0 Å². The Balaban J connectivity index is 1.70. The van der Waals surface area contributed by atoms with Gasteiger partial charge in [0.1, 0.15) is 5.76 Å². The Morgan fingerprint density at radius 3 is 2.64 bits per heavy atom. The van der Waals surface area contributed by atoms with Crippen LogP contribution in [0.25, 0.3) is 0 Å². The Morgan fingerprint density at radius 1 is 1.20 bits per heavy atom. The highest BCUT2D eigenvalue weighted by atomic mass is 16.3. The Labute approximate surface area is 146 Å². The van der Waals surface area contributed by atoms with Crippen molar-refractivity contribution in [3.8, 4) is 0 Å². The minimum Gasteiger partial charge on any atom is -0.467 e. The first-order valence-electron chi connectivity index (χ1n) is 8.14. The molecule has 0 saturated carbocycles. The number of carbonyl (C=O) groups is 1. The lowest BCUT2D eigenvalue weighted by Gasteiger charge is -2.21. The van der Waals surface area contributed by atoms with E-state index >= 15 is 0 Å². The maximum atomic E-state index is 12.8. The van der Waals surface area contributed by atoms with Gasteiger partial charge in [-0.1, -0.05) is 12.1 Å². The van der Waals surface area contributed by atoms with Gasteiger partial charge >= 0.3 is 0 Å². The molecule has 2 heterocycles. The highest BCUT2D eigenvalue weighted by molar-refractivity contribution is 6.05. The Kier molecular flexibility index (Phi) is 5.09. The fourth-order valence-corrected chi connectivity index (χ4v) is 2.50. The van der Waals surface area contributed by atoms with Crippen LogP contribution in [0.4, 0.5) is 11.6 Å². The van der Waals surface area contributed by atoms with Crippen molar-refractivity contribution >= 4 is 17.5 Å². The van der Waals surface area contributed by atoms with Gasteiger partial charge in [-0.15, -0.1) is 0 Å². The second-order valence-electron chi connectivity index (χ2n) is 5.62. The third kappa shape index (κ3) is 4.03. The zero-order chi connectivity index (χ0) is 17.6. The topological polar surface area (TPSA) is 71.3 Å². The molecule has 1 amide bonds. The molecule has 0 radical (unpaired) electrons. The van der Waals surface area contributed by atoms with Gasteiger partial charge in [0.05, 0.1) is 18.4 Å². The fraction of sp³-hybridized carbons (Fsp3) is 0.211. The number of hydrogen-bond acceptors (Lipinski definition) is 5. The number of furan rings is 1. The maximum Gasteiger partial charge on any atom is 0.261 e. The van der Waals surface area contributed by atoms with Gasteiger partial charge in [-0.05, 0) is 43.7 Å². The van der Waals surface area contributed by atoms with Crippen LogP contribution in [0.1, 0.15) is 28.6 Å². The van der Waals surface area contributed by atoms with Gasteiger partial charge in [0, 0.05) is 24.6 Å². The van der Waals surface area contributed by atoms with Crippen molar-refractivity contribution in [2.45, 2.75) is 20.4 Å². The predicted molar refractivity (Wildman–Crippen MR) is 96.6 cm³/mol. The SMILES string of the molecule is CCN(C(=O)c1cnc(NCc2ccco2)nc1)c1cccc(C)c1. The third-order valence-corrected chi connectivity index (χ3v) is 3.77. The minimum absolute atomic E-state index is 0.120. The summed E-state index contributed by atoms with van der Waals surface area (Å²) in [7, 11) is 0. The number of nitrogens with one attached hydrogen (secondary N) is 1. The third-order valence-electron chi connectivity index (χ3n) is 3.77. The number of aromatic nitrogens is 2. The van der Waals surface area contributed by atoms with Gasteiger partial charge in [-0.3, -0.25) is 4.79 Å². The van der Waals surface area contributed by atoms with E-state index in [0.29, 0.717) is 24.6 Å². The number of rotatable bonds is 6. The Hall–Kier alpha value is -3.15. The zero-order valence-corrected chi connectivity index (χ0v) is 14.3. The zero-order valence-electron chi connectivity index (χ0n) is 14.3. The second-order valence-corrected chi connectivity index (χ2v) is 5.62. The molecule has 0 saturated heterocycles. The molecule has 128 valence electrons. The molecule has 3 aromatic rings. The molecule has 0 aliphatic heterocycles. The lowest BCUT2D eigenvalue weighted by Crippen LogP contribution is -2.30. The number of amides is 1. The molecule has 3 rings (SSSR count). The number of benzene rings is 1. The van der Waals surface area contributed by atoms with Crippen molar-refractivity contribution in [1.82, 2.24) is 9.97 Å². The summed E-state index contributed by atoms with van der Waals surface area (Å²) in [6.45, 7) is 5.01. The summed E-state index contributed by atoms with van der Waals surface area (Å²) in [5, 5.41) is 3.05. The standard InChI is InChI=1S/C19H20N4O2/c1-3-23(16-7-4-6-14(2)10-16)18(24)15-11-20-19(21-12-15)22-13-17-8-5-9-25-17/h4-12H,3,13H2,1-2H3,(H,20,21,22). The second kappa shape index (κ2) is 7.61. The van der Waals surface area contributed by atoms with E-state index in [2.05, 4.69) is 15.3 Å². The first kappa shape index (κ1) is 16.7. The molecule has 0 atom stereocenters. The van der Waals surface area contributed by atoms with Crippen molar-refractivity contribution in [3.05, 3.63) is 71.9 Å². The number of hydrogen-bond donors (Lipinski definition) is 1. The van der Waals surface area contributed by atoms with Crippen LogP contribution in [0, 0.1) is 6.92 Å². The van der Waals surface area contributed by atoms with E-state index in [4.69, 9.17) is 4.42 Å². The molecule has 0 spiro atoms. The monoisotopic (exact) mass is 336 g/mol. The molecule has 0 unspecified atom stereocenters. The van der Waals surface area contributed by atoms with Crippen molar-refractivity contribution in [3.63, 3.8) is 0 Å². The van der Waals surface area contributed by atoms with E-state index in [0.717, 1.165) is 17.0 Å². The van der Waals surface area contributed by atoms with E-state index < -0.39 is 0 Å². The Morgan fingerprint density at radius 2 is 2.00 bits per heavy atom. The molecular formula is C19H20N4O2. The highest BCUT2D eigenvalue weighted by Crippen LogP contribution is 2.18. The van der Waals surface area contributed by atoms with E-state index in [-0.39, 0.29) is 5.91 Å². The molecular weight excluding hydrogens is 316 g/mol. The summed E-state index contributed by atoms with van der Waals surface area (Å²) in [6, 6.07) is 11.6. The molecule has 2 aromatic heterocycles. The van der Waals surface area contributed by atoms with Crippen molar-refractivity contribution in [2.24, 2.45) is 0 Å². The summed E-state index contributed by atoms with van der Waals surface area (Å²) in [5.74, 6) is 1.12. The van der Waals surface area contributed by atoms with Crippen molar-refractivity contribution in [1.29, 1.82) is 0 Å². The molecule has 6 nitrogen and oxygen atoms in total. The van der Waals surface area contributed by atoms with Gasteiger partial charge < -0.3 is 14.6 Å². The summed E-state index contributed by atoms with van der Waals surface area (Å²) < 4.78 is 5.24. The molecule has 25 heavy (non-hydrogen) atoms. The predicted octanol–water partition coefficient (Wildman–Crippen LogP) is 3.66. The summed E-state index contributed by atoms with van der Waals surface area (Å²) in [4.78, 5) is 22.9. The first-order chi connectivity index (χ1) is 12.2. The van der Waals surface area contributed by atoms with E-state index in [1.165, 1.54) is 12.4 Å². The summed E-state index contributed by atoms with van der Waals surface area (Å²) in [6.07, 6.45) is 4.70. The van der Waals surface area contributed by atoms with Crippen LogP contribution >= 0.6 is 0 Å². The number of aryl methyl sites for hydroxylation is 1. The van der Waals surface area contributed by atoms with E-state index in [1.54, 1.807) is 11.2 Å². The summed E-state index contributed by atoms with van der Waals surface area (Å²) in [5.41, 5.74) is 2.43. The molecule has 6 heteroatoms. The largest absolute Gasteiger partial charge is 0.467 e. The fourth-order valence-electron chi connectivity index (χ4n) is 2.50. The average Bonchev–Trinajstić information content (AvgIpc) is 3.15. The Bertz CT molecular complexity index is 829. The summed E-state index contributed by atoms with van der Waals surface area (Å²) >= 11 is 0. The normalized spacial score (nSPS) is 10.5. The van der Waals surface area contributed by atoms with Crippen LogP contribution in [0.3, 0.4) is 0 Å². The quantitative estimate of drug-likeness (QED) is 0.744. The molecule has 1 N–H and O–H groups in total. The van der Waals surface area contributed by atoms with Gasteiger partial charge in [0.2, 0.25) is 5.95 Å². The number of carbonyl (C=O) groups excluding carboxylic acids is 1. The smallest absolute Gasteiger partial charge is 0.261 e. The van der Waals surface area contributed by atoms with Crippen LogP contribution in [0.15, 0.2) is 59.5 Å². The van der Waals surface area contributed by atoms with Crippen molar-refractivity contribution in [2.75, 3.05) is 16.8 Å². The molecule has 1 aromatic carbocycles. The average molecular weight is 336 g/mol. The maximum absolute atomic E-state index is 12.8. The number of nitrogens with zero attached hydrogens (tertiary/aromatic N) is 3. The minimum atomic E-state index is -0.120. The van der Waals surface area contributed by atoms with Crippen molar-refractivity contribution < 1.29 is 9.21 Å². The molecule has 0 fully saturated rings. The van der Waals surface area contributed by atoms with Gasteiger partial charge in [0.25, 0.3) is 5.91 Å². The van der Waals surface area contributed by atoms with Crippen LogP contribution in [-0.2, 0) is 6.54 Å².